The third-order valence-electron chi connectivity index (χ3n) is 12.4. The lowest BCUT2D eigenvalue weighted by Gasteiger charge is -2.35. The van der Waals surface area contributed by atoms with E-state index in [2.05, 4.69) is 93.7 Å². The Bertz CT molecular complexity index is 1350. The molecule has 0 spiro atoms. The predicted molar refractivity (Wildman–Crippen MR) is 289 cm³/mol. The van der Waals surface area contributed by atoms with Gasteiger partial charge in [0.1, 0.15) is 23.1 Å². The molecule has 1 unspecified atom stereocenters. The zero-order chi connectivity index (χ0) is 49.5. The maximum Gasteiger partial charge on any atom is 0.335 e. The lowest BCUT2D eigenvalue weighted by atomic mass is 9.72. The number of carbonyl (C=O) groups excluding carboxylic acids is 4. The number of ether oxygens (including phenoxy) is 1. The van der Waals surface area contributed by atoms with Crippen LogP contribution in [0.5, 0.6) is 0 Å². The molecule has 384 valence electrons. The molecule has 0 rings (SSSR count). The first kappa shape index (κ1) is 63.9. The van der Waals surface area contributed by atoms with Crippen LogP contribution in [0.2, 0.25) is 0 Å². The highest BCUT2D eigenvalue weighted by Crippen LogP contribution is 2.29. The monoisotopic (exact) mass is 932 g/mol. The van der Waals surface area contributed by atoms with Crippen LogP contribution < -0.4 is 5.73 Å². The van der Waals surface area contributed by atoms with Crippen LogP contribution in [0.3, 0.4) is 0 Å². The highest BCUT2D eigenvalue weighted by atomic mass is 16.6. The first-order valence-electron chi connectivity index (χ1n) is 28.0. The molecule has 0 aromatic rings. The van der Waals surface area contributed by atoms with Crippen LogP contribution >= 0.6 is 0 Å². The Balaban J connectivity index is 5.47. The number of esters is 1. The molecule has 0 bridgehead atoms. The molecule has 0 aromatic carbocycles. The molecule has 0 heterocycles. The van der Waals surface area contributed by atoms with Crippen molar-refractivity contribution in [2.24, 2.45) is 11.7 Å². The zero-order valence-corrected chi connectivity index (χ0v) is 44.6. The lowest BCUT2D eigenvalue weighted by molar-refractivity contribution is -0.170. The van der Waals surface area contributed by atoms with Crippen molar-refractivity contribution >= 4 is 23.3 Å². The molecule has 6 nitrogen and oxygen atoms in total. The second kappa shape index (κ2) is 45.3. The molecule has 0 saturated carbocycles. The number of allylic oxidation sites excluding steroid dienone is 12. The molecule has 0 saturated heterocycles. The van der Waals surface area contributed by atoms with Gasteiger partial charge in [0, 0.05) is 19.3 Å². The Morgan fingerprint density at radius 2 is 0.657 bits per heavy atom. The van der Waals surface area contributed by atoms with E-state index in [0.29, 0.717) is 19.3 Å². The van der Waals surface area contributed by atoms with Gasteiger partial charge in [-0.1, -0.05) is 190 Å². The first-order valence-corrected chi connectivity index (χ1v) is 28.0. The van der Waals surface area contributed by atoms with Crippen LogP contribution in [0.15, 0.2) is 72.9 Å². The van der Waals surface area contributed by atoms with E-state index in [1.807, 2.05) is 0 Å². The van der Waals surface area contributed by atoms with E-state index in [-0.39, 0.29) is 19.3 Å². The first-order chi connectivity index (χ1) is 32.4. The van der Waals surface area contributed by atoms with Crippen molar-refractivity contribution in [3.05, 3.63) is 72.9 Å². The van der Waals surface area contributed by atoms with E-state index in [1.54, 1.807) is 20.8 Å². The average Bonchev–Trinajstić information content (AvgIpc) is 3.29. The summed E-state index contributed by atoms with van der Waals surface area (Å²) in [6, 6.07) is 0. The van der Waals surface area contributed by atoms with Crippen molar-refractivity contribution in [2.75, 3.05) is 0 Å². The normalized spacial score (nSPS) is 13.5. The molecular formula is C61H105NO5. The van der Waals surface area contributed by atoms with Gasteiger partial charge in [-0.3, -0.25) is 14.4 Å². The largest absolute Gasteiger partial charge is 0.458 e. The van der Waals surface area contributed by atoms with Crippen LogP contribution in [0.4, 0.5) is 0 Å². The van der Waals surface area contributed by atoms with Crippen LogP contribution in [0.25, 0.3) is 0 Å². The molecule has 0 aliphatic carbocycles. The third kappa shape index (κ3) is 37.5. The number of ketones is 3. The van der Waals surface area contributed by atoms with Crippen LogP contribution in [-0.4, -0.2) is 34.5 Å². The molecule has 2 N–H and O–H groups in total. The molecule has 0 amide bonds. The van der Waals surface area contributed by atoms with Crippen LogP contribution in [-0.2, 0) is 23.9 Å². The topological polar surface area (TPSA) is 104 Å². The number of unbranched alkanes of at least 4 members (excludes halogenated alkanes) is 24. The van der Waals surface area contributed by atoms with Gasteiger partial charge in [-0.25, -0.2) is 4.79 Å². The molecule has 0 aliphatic rings. The molecule has 1 atom stereocenters. The standard InChI is InChI=1S/C61H105NO5/c1-7-10-13-16-19-22-25-28-31-34-37-40-43-46-49-52-55(63)58(56(64)53-50-47-44-41-38-35-32-29-26-23-20-17-14-11-8-2)61(62,59(66)67-60(4,5)6)57(65)54-51-48-45-42-39-36-33-30-27-24-21-18-15-12-9-3/h19-24,28-33,58H,7-18,25-27,34-54,62H2,1-6H3/b22-19-,23-20-,24-21-,31-28-,32-29-,33-30-. The minimum absolute atomic E-state index is 0.0324. The van der Waals surface area contributed by atoms with Crippen molar-refractivity contribution in [1.29, 1.82) is 0 Å². The number of nitrogens with two attached hydrogens (primary N) is 1. The summed E-state index contributed by atoms with van der Waals surface area (Å²) in [5.74, 6) is -3.86. The fraction of sp³-hybridized carbons (Fsp3) is 0.738. The Morgan fingerprint density at radius 1 is 0.388 bits per heavy atom. The van der Waals surface area contributed by atoms with Gasteiger partial charge in [-0.05, 0) is 136 Å². The summed E-state index contributed by atoms with van der Waals surface area (Å²) in [6.45, 7) is 11.9. The third-order valence-corrected chi connectivity index (χ3v) is 12.4. The molecular weight excluding hydrogens is 827 g/mol. The minimum atomic E-state index is -2.34. The SMILES string of the molecule is CCCCC/C=C\C/C=C\CCCCCCCC(=O)C(C(=O)CCCCCCC/C=C\C/C=C\CCCCC)C(N)(C(=O)CCCCCCC/C=C\C/C=C\CCCCC)C(=O)OC(C)(C)C. The zero-order valence-electron chi connectivity index (χ0n) is 44.6. The summed E-state index contributed by atoms with van der Waals surface area (Å²) in [5, 5.41) is 0. The summed E-state index contributed by atoms with van der Waals surface area (Å²) in [5.41, 5.74) is 3.62. The smallest absolute Gasteiger partial charge is 0.335 e. The van der Waals surface area contributed by atoms with Gasteiger partial charge < -0.3 is 10.5 Å². The van der Waals surface area contributed by atoms with Gasteiger partial charge in [0.15, 0.2) is 11.3 Å². The van der Waals surface area contributed by atoms with E-state index in [4.69, 9.17) is 10.5 Å². The number of rotatable bonds is 47. The maximum atomic E-state index is 14.2. The quantitative estimate of drug-likeness (QED) is 0.0282. The second-order valence-corrected chi connectivity index (χ2v) is 20.1. The Labute approximate surface area is 414 Å². The van der Waals surface area contributed by atoms with Gasteiger partial charge in [0.05, 0.1) is 0 Å². The average molecular weight is 933 g/mol. The van der Waals surface area contributed by atoms with Crippen molar-refractivity contribution in [3.63, 3.8) is 0 Å². The molecule has 0 fully saturated rings. The summed E-state index contributed by atoms with van der Waals surface area (Å²) in [4.78, 5) is 56.7. The molecule has 67 heavy (non-hydrogen) atoms. The van der Waals surface area contributed by atoms with Crippen molar-refractivity contribution < 1.29 is 23.9 Å². The van der Waals surface area contributed by atoms with Gasteiger partial charge in [-0.15, -0.1) is 0 Å². The number of carbonyl (C=O) groups is 4. The van der Waals surface area contributed by atoms with Crippen LogP contribution in [0.1, 0.15) is 273 Å². The van der Waals surface area contributed by atoms with Crippen molar-refractivity contribution in [3.8, 4) is 0 Å². The van der Waals surface area contributed by atoms with E-state index >= 15 is 0 Å². The molecule has 0 aromatic heterocycles. The second-order valence-electron chi connectivity index (χ2n) is 20.1. The summed E-state index contributed by atoms with van der Waals surface area (Å²) in [7, 11) is 0. The van der Waals surface area contributed by atoms with Crippen molar-refractivity contribution in [1.82, 2.24) is 0 Å². The fourth-order valence-electron chi connectivity index (χ4n) is 8.26. The molecule has 0 radical (unpaired) electrons. The molecule has 0 aliphatic heterocycles. The minimum Gasteiger partial charge on any atom is -0.458 e. The van der Waals surface area contributed by atoms with Gasteiger partial charge in [-0.2, -0.15) is 0 Å². The maximum absolute atomic E-state index is 14.2. The fourth-order valence-corrected chi connectivity index (χ4v) is 8.26. The van der Waals surface area contributed by atoms with Crippen molar-refractivity contribution in [2.45, 2.75) is 284 Å². The predicted octanol–water partition coefficient (Wildman–Crippen LogP) is 17.8. The van der Waals surface area contributed by atoms with E-state index in [0.717, 1.165) is 135 Å². The Hall–Kier alpha value is -3.12. The van der Waals surface area contributed by atoms with Gasteiger partial charge >= 0.3 is 5.97 Å². The highest BCUT2D eigenvalue weighted by Gasteiger charge is 2.55. The summed E-state index contributed by atoms with van der Waals surface area (Å²) in [6.07, 6.45) is 61.9. The molecule has 6 heteroatoms. The summed E-state index contributed by atoms with van der Waals surface area (Å²) < 4.78 is 5.78. The van der Waals surface area contributed by atoms with Gasteiger partial charge in [0.2, 0.25) is 0 Å². The highest BCUT2D eigenvalue weighted by molar-refractivity contribution is 6.19. The van der Waals surface area contributed by atoms with Crippen LogP contribution in [0, 0.1) is 5.92 Å². The van der Waals surface area contributed by atoms with E-state index < -0.39 is 40.4 Å². The number of hydrogen-bond donors (Lipinski definition) is 1. The Kier molecular flexibility index (Phi) is 43.2. The Morgan fingerprint density at radius 3 is 0.955 bits per heavy atom. The number of Topliss-reactive ketones (excluding diaryl/α,β-unsaturated/α-hetero) is 3. The lowest BCUT2D eigenvalue weighted by Crippen LogP contribution is -2.65. The van der Waals surface area contributed by atoms with E-state index in [1.165, 1.54) is 57.8 Å². The summed E-state index contributed by atoms with van der Waals surface area (Å²) >= 11 is 0. The van der Waals surface area contributed by atoms with E-state index in [9.17, 15) is 19.2 Å². The van der Waals surface area contributed by atoms with Gasteiger partial charge in [0.25, 0.3) is 0 Å². The number of hydrogen-bond acceptors (Lipinski definition) is 6.